The molecule has 8 nitrogen and oxygen atoms in total. The highest BCUT2D eigenvalue weighted by atomic mass is 35.5. The van der Waals surface area contributed by atoms with Crippen LogP contribution in [0, 0.1) is 5.82 Å². The number of carbonyl (C=O) groups is 2. The molecule has 1 aliphatic heterocycles. The van der Waals surface area contributed by atoms with Crippen LogP contribution in [0.1, 0.15) is 20.7 Å². The molecule has 1 aliphatic rings. The summed E-state index contributed by atoms with van der Waals surface area (Å²) in [6, 6.07) is 8.59. The van der Waals surface area contributed by atoms with Gasteiger partial charge in [-0.2, -0.15) is 5.10 Å². The van der Waals surface area contributed by atoms with Gasteiger partial charge in [0, 0.05) is 31.0 Å². The van der Waals surface area contributed by atoms with Crippen molar-refractivity contribution in [1.29, 1.82) is 0 Å². The molecule has 33 heavy (non-hydrogen) atoms. The number of pyridine rings is 2. The van der Waals surface area contributed by atoms with Crippen molar-refractivity contribution in [2.24, 2.45) is 5.10 Å². The summed E-state index contributed by atoms with van der Waals surface area (Å²) >= 11 is 5.83. The molecule has 1 aromatic carbocycles. The molecular formula is C23H16ClFN6O2. The standard InChI is InChI=1S/C23H16ClFN6O2/c24-16-6-7-21(27-14-16)30-23(33)17-11-18(25)20(31-10-3-1-2-9-28-31)12-19(17)29-22(32)15-5-4-8-26-13-15/h1-14H,(H,29,32)(H,27,30,33). The number of rotatable bonds is 5. The van der Waals surface area contributed by atoms with E-state index in [0.717, 1.165) is 6.07 Å². The zero-order valence-corrected chi connectivity index (χ0v) is 17.7. The summed E-state index contributed by atoms with van der Waals surface area (Å²) in [6.45, 7) is 0. The van der Waals surface area contributed by atoms with Gasteiger partial charge in [0.15, 0.2) is 0 Å². The van der Waals surface area contributed by atoms with Crippen LogP contribution in [0.15, 0.2) is 84.5 Å². The lowest BCUT2D eigenvalue weighted by Gasteiger charge is -2.18. The van der Waals surface area contributed by atoms with E-state index in [1.165, 1.54) is 41.9 Å². The van der Waals surface area contributed by atoms with Gasteiger partial charge in [-0.05, 0) is 48.6 Å². The molecule has 0 saturated carbocycles. The van der Waals surface area contributed by atoms with Gasteiger partial charge >= 0.3 is 0 Å². The number of nitrogens with one attached hydrogen (secondary N) is 2. The van der Waals surface area contributed by atoms with Crippen LogP contribution in [-0.4, -0.2) is 28.0 Å². The normalized spacial score (nSPS) is 12.4. The van der Waals surface area contributed by atoms with E-state index in [1.54, 1.807) is 42.6 Å². The monoisotopic (exact) mass is 462 g/mol. The first-order chi connectivity index (χ1) is 16.0. The fourth-order valence-corrected chi connectivity index (χ4v) is 3.00. The van der Waals surface area contributed by atoms with E-state index in [-0.39, 0.29) is 28.3 Å². The number of nitrogens with zero attached hydrogens (tertiary/aromatic N) is 4. The van der Waals surface area contributed by atoms with Crippen LogP contribution in [0.25, 0.3) is 0 Å². The molecule has 164 valence electrons. The molecule has 0 fully saturated rings. The Kier molecular flexibility index (Phi) is 6.51. The summed E-state index contributed by atoms with van der Waals surface area (Å²) in [6.07, 6.45) is 12.4. The minimum atomic E-state index is -0.715. The lowest BCUT2D eigenvalue weighted by molar-refractivity contribution is 0.102. The molecule has 0 spiro atoms. The maximum Gasteiger partial charge on any atom is 0.259 e. The first-order valence-electron chi connectivity index (χ1n) is 9.66. The summed E-state index contributed by atoms with van der Waals surface area (Å²) in [7, 11) is 0. The Hall–Kier alpha value is -4.37. The molecule has 3 heterocycles. The van der Waals surface area contributed by atoms with Crippen LogP contribution >= 0.6 is 11.6 Å². The second-order valence-corrected chi connectivity index (χ2v) is 7.13. The Morgan fingerprint density at radius 1 is 1.00 bits per heavy atom. The Bertz CT molecular complexity index is 1260. The number of hydrogen-bond donors (Lipinski definition) is 2. The average Bonchev–Trinajstić information content (AvgIpc) is 3.11. The topological polar surface area (TPSA) is 99.6 Å². The largest absolute Gasteiger partial charge is 0.321 e. The quantitative estimate of drug-likeness (QED) is 0.575. The molecule has 3 aromatic rings. The second kappa shape index (κ2) is 9.84. The predicted octanol–water partition coefficient (Wildman–Crippen LogP) is 4.65. The number of aromatic nitrogens is 2. The first kappa shape index (κ1) is 21.8. The van der Waals surface area contributed by atoms with Gasteiger partial charge in [-0.25, -0.2) is 14.4 Å². The molecule has 4 rings (SSSR count). The van der Waals surface area contributed by atoms with Crippen molar-refractivity contribution in [2.45, 2.75) is 0 Å². The number of hydrogen-bond acceptors (Lipinski definition) is 6. The highest BCUT2D eigenvalue weighted by Gasteiger charge is 2.21. The molecule has 0 bridgehead atoms. The molecule has 2 N–H and O–H groups in total. The molecule has 0 radical (unpaired) electrons. The lowest BCUT2D eigenvalue weighted by atomic mass is 10.1. The van der Waals surface area contributed by atoms with Crippen molar-refractivity contribution < 1.29 is 14.0 Å². The number of amides is 2. The van der Waals surface area contributed by atoms with Gasteiger partial charge in [-0.1, -0.05) is 17.7 Å². The average molecular weight is 463 g/mol. The van der Waals surface area contributed by atoms with Crippen LogP contribution < -0.4 is 15.6 Å². The van der Waals surface area contributed by atoms with Gasteiger partial charge in [0.25, 0.3) is 11.8 Å². The van der Waals surface area contributed by atoms with Crippen molar-refractivity contribution in [1.82, 2.24) is 9.97 Å². The molecule has 0 atom stereocenters. The number of halogens is 2. The molecule has 2 aromatic heterocycles. The third-order valence-corrected chi connectivity index (χ3v) is 4.67. The van der Waals surface area contributed by atoms with Gasteiger partial charge in [0.1, 0.15) is 17.3 Å². The molecule has 0 unspecified atom stereocenters. The molecular weight excluding hydrogens is 447 g/mol. The number of allylic oxidation sites excluding steroid dienone is 3. The Balaban J connectivity index is 1.72. The summed E-state index contributed by atoms with van der Waals surface area (Å²) < 4.78 is 15.1. The zero-order valence-electron chi connectivity index (χ0n) is 16.9. The van der Waals surface area contributed by atoms with Gasteiger partial charge in [0.05, 0.1) is 21.8 Å². The summed E-state index contributed by atoms with van der Waals surface area (Å²) in [5.41, 5.74) is 0.276. The lowest BCUT2D eigenvalue weighted by Crippen LogP contribution is -2.20. The molecule has 10 heteroatoms. The third-order valence-electron chi connectivity index (χ3n) is 4.45. The Morgan fingerprint density at radius 3 is 2.64 bits per heavy atom. The van der Waals surface area contributed by atoms with Crippen LogP contribution in [0.5, 0.6) is 0 Å². The summed E-state index contributed by atoms with van der Waals surface area (Å²) in [4.78, 5) is 33.6. The van der Waals surface area contributed by atoms with Crippen LogP contribution in [-0.2, 0) is 0 Å². The van der Waals surface area contributed by atoms with Crippen molar-refractivity contribution in [3.63, 3.8) is 0 Å². The van der Waals surface area contributed by atoms with Crippen molar-refractivity contribution in [3.05, 3.63) is 101 Å². The van der Waals surface area contributed by atoms with Gasteiger partial charge in [0.2, 0.25) is 0 Å². The number of benzene rings is 1. The van der Waals surface area contributed by atoms with Crippen molar-refractivity contribution in [2.75, 3.05) is 15.6 Å². The first-order valence-corrected chi connectivity index (χ1v) is 10.0. The van der Waals surface area contributed by atoms with Crippen LogP contribution in [0.3, 0.4) is 0 Å². The summed E-state index contributed by atoms with van der Waals surface area (Å²) in [5.74, 6) is -1.69. The van der Waals surface area contributed by atoms with Crippen LogP contribution in [0.4, 0.5) is 21.6 Å². The van der Waals surface area contributed by atoms with Gasteiger partial charge in [-0.15, -0.1) is 0 Å². The number of carbonyl (C=O) groups excluding carboxylic acids is 2. The van der Waals surface area contributed by atoms with E-state index in [9.17, 15) is 9.59 Å². The van der Waals surface area contributed by atoms with E-state index in [2.05, 4.69) is 25.7 Å². The van der Waals surface area contributed by atoms with E-state index in [1.807, 2.05) is 0 Å². The minimum absolute atomic E-state index is 0.0360. The highest BCUT2D eigenvalue weighted by Crippen LogP contribution is 2.29. The Labute approximate surface area is 193 Å². The third kappa shape index (κ3) is 5.28. The molecule has 0 saturated heterocycles. The Morgan fingerprint density at radius 2 is 1.88 bits per heavy atom. The number of anilines is 3. The van der Waals surface area contributed by atoms with E-state index >= 15 is 4.39 Å². The van der Waals surface area contributed by atoms with E-state index < -0.39 is 17.6 Å². The second-order valence-electron chi connectivity index (χ2n) is 6.70. The molecule has 0 aliphatic carbocycles. The fourth-order valence-electron chi connectivity index (χ4n) is 2.89. The van der Waals surface area contributed by atoms with Crippen LogP contribution in [0.2, 0.25) is 5.02 Å². The maximum atomic E-state index is 15.1. The van der Waals surface area contributed by atoms with E-state index in [4.69, 9.17) is 11.6 Å². The predicted molar refractivity (Wildman–Crippen MR) is 125 cm³/mol. The van der Waals surface area contributed by atoms with Gasteiger partial charge < -0.3 is 10.6 Å². The molecule has 2 amide bonds. The van der Waals surface area contributed by atoms with Gasteiger partial charge in [-0.3, -0.25) is 14.6 Å². The minimum Gasteiger partial charge on any atom is -0.321 e. The van der Waals surface area contributed by atoms with Crippen molar-refractivity contribution in [3.8, 4) is 0 Å². The van der Waals surface area contributed by atoms with Crippen molar-refractivity contribution >= 4 is 46.8 Å². The smallest absolute Gasteiger partial charge is 0.259 e. The highest BCUT2D eigenvalue weighted by molar-refractivity contribution is 6.30. The fraction of sp³-hybridized carbons (Fsp3) is 0. The SMILES string of the molecule is O=C(Nc1cc(N2C=CC=CC=N2)c(F)cc1C(=O)Nc1ccc(Cl)cn1)c1cccnc1. The maximum absolute atomic E-state index is 15.1. The van der Waals surface area contributed by atoms with E-state index in [0.29, 0.717) is 5.02 Å². The number of hydrazone groups is 1. The zero-order chi connectivity index (χ0) is 23.2. The summed E-state index contributed by atoms with van der Waals surface area (Å²) in [5, 5.41) is 11.0.